The van der Waals surface area contributed by atoms with Crippen molar-refractivity contribution in [2.75, 3.05) is 13.6 Å². The van der Waals surface area contributed by atoms with Crippen LogP contribution in [0, 0.1) is 0 Å². The summed E-state index contributed by atoms with van der Waals surface area (Å²) in [6, 6.07) is 3.15. The summed E-state index contributed by atoms with van der Waals surface area (Å²) in [6.07, 6.45) is -13.5. The number of alkyl halides is 9. The van der Waals surface area contributed by atoms with E-state index < -0.39 is 87.0 Å². The van der Waals surface area contributed by atoms with Crippen molar-refractivity contribution in [2.45, 2.75) is 137 Å². The molecule has 0 bridgehead atoms. The summed E-state index contributed by atoms with van der Waals surface area (Å²) in [6.45, 7) is 23.3. The molecule has 0 N–H and O–H groups in total. The van der Waals surface area contributed by atoms with Gasteiger partial charge in [-0.25, -0.2) is 4.39 Å². The van der Waals surface area contributed by atoms with Crippen molar-refractivity contribution in [3.63, 3.8) is 0 Å². The van der Waals surface area contributed by atoms with Crippen LogP contribution >= 0.6 is 0 Å². The van der Waals surface area contributed by atoms with E-state index in [4.69, 9.17) is 0 Å². The molecule has 0 saturated carbocycles. The Morgan fingerprint density at radius 1 is 0.643 bits per heavy atom. The maximum absolute atomic E-state index is 14.6. The van der Waals surface area contributed by atoms with Gasteiger partial charge in [0.25, 0.3) is 5.91 Å². The van der Waals surface area contributed by atoms with Gasteiger partial charge < -0.3 is 4.90 Å². The average Bonchev–Trinajstić information content (AvgIpc) is 2.72. The highest BCUT2D eigenvalue weighted by atomic mass is 28.4. The quantitative estimate of drug-likeness (QED) is 0.109. The number of nitrogens with zero attached hydrogens (tertiary/aromatic N) is 1. The third-order valence-corrected chi connectivity index (χ3v) is 42.1. The van der Waals surface area contributed by atoms with Crippen LogP contribution in [0.25, 0.3) is 0 Å². The molecule has 0 aromatic heterocycles. The van der Waals surface area contributed by atoms with Gasteiger partial charge in [0, 0.05) is 64.2 Å². The van der Waals surface area contributed by atoms with E-state index in [2.05, 4.69) is 65.5 Å². The first kappa shape index (κ1) is 42.1. The van der Waals surface area contributed by atoms with E-state index in [1.807, 2.05) is 0 Å². The normalized spacial score (nSPS) is 17.1. The van der Waals surface area contributed by atoms with E-state index >= 15 is 0 Å². The molecule has 1 amide bonds. The zero-order valence-corrected chi connectivity index (χ0v) is 33.8. The highest BCUT2D eigenvalue weighted by Gasteiger charge is 2.85. The molecule has 0 fully saturated rings. The Bertz CT molecular complexity index is 860. The van der Waals surface area contributed by atoms with Gasteiger partial charge in [0.2, 0.25) is 0 Å². The SMILES string of the molecule is CN(CCC[Si](C)(C)C[Si](C)(CC[Si](C)(C[SiH](C)C)C[SiH](C)C)C[SiH](C)C)C(=O)C(F)(C(F)(F)F)C(F)(F)C(F)(F)F. The summed E-state index contributed by atoms with van der Waals surface area (Å²) < 4.78 is 120. The molecule has 2 atom stereocenters. The van der Waals surface area contributed by atoms with Crippen molar-refractivity contribution >= 4 is 56.5 Å². The third kappa shape index (κ3) is 11.8. The second-order valence-electron chi connectivity index (χ2n) is 15.3. The molecular formula is C25H54F9NOSi6. The van der Waals surface area contributed by atoms with Gasteiger partial charge in [0.15, 0.2) is 0 Å². The van der Waals surface area contributed by atoms with Crippen molar-refractivity contribution in [1.29, 1.82) is 0 Å². The summed E-state index contributed by atoms with van der Waals surface area (Å²) in [4.78, 5) is 12.3. The second kappa shape index (κ2) is 15.2. The first-order chi connectivity index (χ1) is 18.5. The van der Waals surface area contributed by atoms with Crippen LogP contribution in [0.4, 0.5) is 39.5 Å². The van der Waals surface area contributed by atoms with Gasteiger partial charge in [-0.1, -0.05) is 106 Å². The van der Waals surface area contributed by atoms with E-state index in [1.54, 1.807) is 0 Å². The minimum Gasteiger partial charge on any atom is -0.342 e. The van der Waals surface area contributed by atoms with Crippen LogP contribution in [0.1, 0.15) is 6.42 Å². The zero-order valence-electron chi connectivity index (χ0n) is 27.4. The Kier molecular flexibility index (Phi) is 15.2. The molecule has 0 spiro atoms. The number of carbonyl (C=O) groups is 1. The second-order valence-corrected chi connectivity index (χ2v) is 43.1. The summed E-state index contributed by atoms with van der Waals surface area (Å²) in [5.74, 6) is -9.85. The topological polar surface area (TPSA) is 20.3 Å². The lowest BCUT2D eigenvalue weighted by Gasteiger charge is -2.40. The first-order valence-electron chi connectivity index (χ1n) is 14.9. The molecule has 2 unspecified atom stereocenters. The average molecular weight is 724 g/mol. The summed E-state index contributed by atoms with van der Waals surface area (Å²) >= 11 is 0. The van der Waals surface area contributed by atoms with Crippen LogP contribution in [-0.4, -0.2) is 99.0 Å². The predicted octanol–water partition coefficient (Wildman–Crippen LogP) is 8.79. The van der Waals surface area contributed by atoms with Crippen molar-refractivity contribution in [3.8, 4) is 0 Å². The summed E-state index contributed by atoms with van der Waals surface area (Å²) in [7, 11) is -6.69. The Morgan fingerprint density at radius 3 is 1.38 bits per heavy atom. The number of hydrogen-bond acceptors (Lipinski definition) is 1. The molecule has 0 rings (SSSR count). The summed E-state index contributed by atoms with van der Waals surface area (Å²) in [5.41, 5.74) is -1.13. The van der Waals surface area contributed by atoms with Gasteiger partial charge in [-0.05, 0) is 6.42 Å². The maximum atomic E-state index is 14.6. The lowest BCUT2D eigenvalue weighted by atomic mass is 9.94. The molecule has 2 nitrogen and oxygen atoms in total. The molecule has 0 aliphatic rings. The minimum atomic E-state index is -6.93. The summed E-state index contributed by atoms with van der Waals surface area (Å²) in [5, 5.41) is 0. The Balaban J connectivity index is 5.73. The van der Waals surface area contributed by atoms with Gasteiger partial charge in [0.05, 0.1) is 0 Å². The van der Waals surface area contributed by atoms with Gasteiger partial charge in [-0.3, -0.25) is 4.79 Å². The predicted molar refractivity (Wildman–Crippen MR) is 174 cm³/mol. The monoisotopic (exact) mass is 723 g/mol. The van der Waals surface area contributed by atoms with Gasteiger partial charge in [-0.15, -0.1) is 0 Å². The number of hydrogen-bond donors (Lipinski definition) is 0. The lowest BCUT2D eigenvalue weighted by Crippen LogP contribution is -2.69. The molecule has 0 aromatic rings. The van der Waals surface area contributed by atoms with E-state index in [0.29, 0.717) is 13.1 Å². The smallest absolute Gasteiger partial charge is 0.342 e. The van der Waals surface area contributed by atoms with Crippen LogP contribution < -0.4 is 0 Å². The highest BCUT2D eigenvalue weighted by molar-refractivity contribution is 7.01. The van der Waals surface area contributed by atoms with Crippen LogP contribution in [0.3, 0.4) is 0 Å². The van der Waals surface area contributed by atoms with Crippen LogP contribution in [0.2, 0.25) is 106 Å². The molecule has 0 heterocycles. The van der Waals surface area contributed by atoms with Gasteiger partial charge >= 0.3 is 23.9 Å². The van der Waals surface area contributed by atoms with Crippen LogP contribution in [0.15, 0.2) is 0 Å². The molecule has 0 aliphatic heterocycles. The van der Waals surface area contributed by atoms with Crippen LogP contribution in [-0.2, 0) is 4.79 Å². The molecule has 0 aliphatic carbocycles. The number of amides is 1. The van der Waals surface area contributed by atoms with Crippen molar-refractivity contribution < 1.29 is 44.3 Å². The molecule has 17 heteroatoms. The molecule has 0 saturated heterocycles. The fourth-order valence-corrected chi connectivity index (χ4v) is 53.9. The van der Waals surface area contributed by atoms with E-state index in [1.165, 1.54) is 29.1 Å². The number of rotatable bonds is 17. The van der Waals surface area contributed by atoms with E-state index in [0.717, 1.165) is 5.67 Å². The van der Waals surface area contributed by atoms with Crippen molar-refractivity contribution in [1.82, 2.24) is 4.90 Å². The minimum absolute atomic E-state index is 0.0396. The maximum Gasteiger partial charge on any atom is 0.457 e. The standard InChI is InChI=1S/C25H54F9NOSi6/c1-35(21(36)22(26,24(29,30)31)23(27,28)25(32,33)34)13-12-14-40(8,9)20-42(11,19-39(6)7)16-15-41(10,17-37(2)3)18-38(4)5/h37-39H,12-20H2,1-11H3. The Hall–Kier alpha value is 0.141. The van der Waals surface area contributed by atoms with E-state index in [-0.39, 0.29) is 11.3 Å². The van der Waals surface area contributed by atoms with Crippen molar-refractivity contribution in [3.05, 3.63) is 0 Å². The third-order valence-electron chi connectivity index (χ3n) is 8.11. The zero-order chi connectivity index (χ0) is 33.8. The Morgan fingerprint density at radius 2 is 1.02 bits per heavy atom. The lowest BCUT2D eigenvalue weighted by molar-refractivity contribution is -0.372. The molecular weight excluding hydrogens is 670 g/mol. The Labute approximate surface area is 255 Å². The van der Waals surface area contributed by atoms with Crippen LogP contribution in [0.5, 0.6) is 0 Å². The number of halogens is 9. The van der Waals surface area contributed by atoms with Crippen molar-refractivity contribution in [2.24, 2.45) is 0 Å². The fourth-order valence-electron chi connectivity index (χ4n) is 7.14. The van der Waals surface area contributed by atoms with Gasteiger partial charge in [0.1, 0.15) is 0 Å². The van der Waals surface area contributed by atoms with E-state index in [9.17, 15) is 44.3 Å². The molecule has 0 aromatic carbocycles. The first-order valence-corrected chi connectivity index (χ1v) is 33.9. The number of carbonyl (C=O) groups excluding carboxylic acids is 1. The van der Waals surface area contributed by atoms with Gasteiger partial charge in [-0.2, -0.15) is 35.1 Å². The molecule has 252 valence electrons. The molecule has 0 radical (unpaired) electrons. The molecule has 42 heavy (non-hydrogen) atoms. The fraction of sp³-hybridized carbons (Fsp3) is 0.960. The highest BCUT2D eigenvalue weighted by Crippen LogP contribution is 2.53. The largest absolute Gasteiger partial charge is 0.457 e.